The summed E-state index contributed by atoms with van der Waals surface area (Å²) in [5, 5.41) is 13.9. The highest BCUT2D eigenvalue weighted by molar-refractivity contribution is 7.99. The van der Waals surface area contributed by atoms with Gasteiger partial charge in [0.25, 0.3) is 0 Å². The first-order valence-electron chi connectivity index (χ1n) is 12.0. The quantitative estimate of drug-likeness (QED) is 0.448. The molecule has 1 aliphatic carbocycles. The van der Waals surface area contributed by atoms with Crippen LogP contribution in [0.1, 0.15) is 108 Å². The molecule has 1 aromatic rings. The van der Waals surface area contributed by atoms with Crippen LogP contribution in [0.3, 0.4) is 0 Å². The van der Waals surface area contributed by atoms with Gasteiger partial charge in [-0.25, -0.2) is 0 Å². The molecular formula is C23H41N5S. The van der Waals surface area contributed by atoms with Crippen LogP contribution in [0.2, 0.25) is 0 Å². The summed E-state index contributed by atoms with van der Waals surface area (Å²) in [6.07, 6.45) is 15.9. The largest absolute Gasteiger partial charge is 0.373 e. The fraction of sp³-hybridized carbons (Fsp3) is 0.870. The summed E-state index contributed by atoms with van der Waals surface area (Å²) in [5.41, 5.74) is 1.37. The van der Waals surface area contributed by atoms with E-state index < -0.39 is 0 Å². The van der Waals surface area contributed by atoms with Crippen molar-refractivity contribution in [1.29, 1.82) is 0 Å². The topological polar surface area (TPSA) is 46.8 Å². The highest BCUT2D eigenvalue weighted by Crippen LogP contribution is 2.36. The third-order valence-electron chi connectivity index (χ3n) is 6.65. The summed E-state index contributed by atoms with van der Waals surface area (Å²) in [5.74, 6) is 2.70. The van der Waals surface area contributed by atoms with Crippen molar-refractivity contribution in [3.8, 4) is 0 Å². The van der Waals surface area contributed by atoms with E-state index in [2.05, 4.69) is 35.6 Å². The predicted molar refractivity (Wildman–Crippen MR) is 123 cm³/mol. The van der Waals surface area contributed by atoms with Crippen LogP contribution in [0, 0.1) is 5.92 Å². The van der Waals surface area contributed by atoms with Crippen molar-refractivity contribution in [1.82, 2.24) is 25.1 Å². The minimum atomic E-state index is 0.315. The molecule has 3 rings (SSSR count). The summed E-state index contributed by atoms with van der Waals surface area (Å²) in [6, 6.07) is 0.336. The van der Waals surface area contributed by atoms with Crippen LogP contribution < -0.4 is 0 Å². The van der Waals surface area contributed by atoms with E-state index in [4.69, 9.17) is 5.10 Å². The van der Waals surface area contributed by atoms with Gasteiger partial charge in [0.15, 0.2) is 5.82 Å². The molecule has 0 radical (unpaired) electrons. The number of hydrogen-bond acceptors (Lipinski definition) is 5. The Morgan fingerprint density at radius 2 is 1.90 bits per heavy atom. The second-order valence-corrected chi connectivity index (χ2v) is 10.3. The molecule has 0 bridgehead atoms. The SMILES string of the molecule is C=C(C1CCCCCCC1)N1CCSC(c2nnn(C(C)CCCCCC)n2)C1. The van der Waals surface area contributed by atoms with E-state index in [1.165, 1.54) is 76.3 Å². The first kappa shape index (κ1) is 22.6. The Morgan fingerprint density at radius 3 is 2.66 bits per heavy atom. The molecule has 2 heterocycles. The van der Waals surface area contributed by atoms with Gasteiger partial charge in [0.1, 0.15) is 0 Å². The van der Waals surface area contributed by atoms with Crippen molar-refractivity contribution in [2.75, 3.05) is 18.8 Å². The third-order valence-corrected chi connectivity index (χ3v) is 7.83. The third kappa shape index (κ3) is 6.73. The van der Waals surface area contributed by atoms with Crippen LogP contribution in [-0.2, 0) is 0 Å². The molecule has 1 saturated carbocycles. The molecule has 2 aliphatic rings. The number of hydrogen-bond donors (Lipinski definition) is 0. The van der Waals surface area contributed by atoms with Crippen LogP contribution in [0.15, 0.2) is 12.3 Å². The molecule has 6 heteroatoms. The lowest BCUT2D eigenvalue weighted by atomic mass is 9.88. The number of allylic oxidation sites excluding steroid dienone is 1. The van der Waals surface area contributed by atoms with Crippen molar-refractivity contribution in [3.05, 3.63) is 18.1 Å². The lowest BCUT2D eigenvalue weighted by Crippen LogP contribution is -2.36. The van der Waals surface area contributed by atoms with E-state index in [1.807, 2.05) is 16.6 Å². The lowest BCUT2D eigenvalue weighted by molar-refractivity contribution is 0.282. The number of nitrogens with zero attached hydrogens (tertiary/aromatic N) is 5. The normalized spacial score (nSPS) is 22.8. The maximum atomic E-state index is 4.78. The van der Waals surface area contributed by atoms with Gasteiger partial charge in [-0.1, -0.05) is 71.3 Å². The Morgan fingerprint density at radius 1 is 1.14 bits per heavy atom. The molecule has 1 aliphatic heterocycles. The molecular weight excluding hydrogens is 378 g/mol. The minimum Gasteiger partial charge on any atom is -0.373 e. The van der Waals surface area contributed by atoms with Crippen LogP contribution in [-0.4, -0.2) is 43.9 Å². The van der Waals surface area contributed by atoms with Crippen molar-refractivity contribution < 1.29 is 0 Å². The zero-order valence-electron chi connectivity index (χ0n) is 18.7. The zero-order valence-corrected chi connectivity index (χ0v) is 19.5. The van der Waals surface area contributed by atoms with Gasteiger partial charge in [0, 0.05) is 24.5 Å². The van der Waals surface area contributed by atoms with E-state index in [0.717, 1.165) is 31.1 Å². The average molecular weight is 420 g/mol. The van der Waals surface area contributed by atoms with Gasteiger partial charge in [0.2, 0.25) is 0 Å². The molecule has 1 saturated heterocycles. The van der Waals surface area contributed by atoms with Crippen LogP contribution in [0.25, 0.3) is 0 Å². The molecule has 0 N–H and O–H groups in total. The highest BCUT2D eigenvalue weighted by Gasteiger charge is 2.29. The van der Waals surface area contributed by atoms with E-state index >= 15 is 0 Å². The van der Waals surface area contributed by atoms with Crippen LogP contribution in [0.4, 0.5) is 0 Å². The maximum Gasteiger partial charge on any atom is 0.189 e. The second-order valence-electron chi connectivity index (χ2n) is 9.01. The van der Waals surface area contributed by atoms with Gasteiger partial charge < -0.3 is 4.90 Å². The van der Waals surface area contributed by atoms with Crippen LogP contribution >= 0.6 is 11.8 Å². The Bertz CT molecular complexity index is 608. The van der Waals surface area contributed by atoms with Crippen molar-refractivity contribution in [3.63, 3.8) is 0 Å². The van der Waals surface area contributed by atoms with E-state index in [-0.39, 0.29) is 0 Å². The first-order valence-corrected chi connectivity index (χ1v) is 13.1. The van der Waals surface area contributed by atoms with Crippen molar-refractivity contribution >= 4 is 11.8 Å². The fourth-order valence-electron chi connectivity index (χ4n) is 4.65. The molecule has 0 aromatic carbocycles. The lowest BCUT2D eigenvalue weighted by Gasteiger charge is -2.37. The van der Waals surface area contributed by atoms with E-state index in [0.29, 0.717) is 17.2 Å². The number of unbranched alkanes of at least 4 members (excludes halogenated alkanes) is 3. The van der Waals surface area contributed by atoms with Gasteiger partial charge in [-0.2, -0.15) is 4.80 Å². The minimum absolute atomic E-state index is 0.315. The Kier molecular flexibility index (Phi) is 9.35. The maximum absolute atomic E-state index is 4.78. The summed E-state index contributed by atoms with van der Waals surface area (Å²) in [4.78, 5) is 4.38. The van der Waals surface area contributed by atoms with Gasteiger partial charge >= 0.3 is 0 Å². The first-order chi connectivity index (χ1) is 14.2. The number of thioether (sulfide) groups is 1. The molecule has 29 heavy (non-hydrogen) atoms. The van der Waals surface area contributed by atoms with Crippen molar-refractivity contribution in [2.24, 2.45) is 5.92 Å². The molecule has 0 spiro atoms. The Balaban J connectivity index is 1.53. The molecule has 2 unspecified atom stereocenters. The summed E-state index contributed by atoms with van der Waals surface area (Å²) >= 11 is 1.98. The number of aromatic nitrogens is 4. The predicted octanol–water partition coefficient (Wildman–Crippen LogP) is 6.17. The Labute approximate surface area is 182 Å². The zero-order chi connectivity index (χ0) is 20.5. The standard InChI is InChI=1S/C23H41N5S/c1-4-5-6-10-13-19(2)28-25-23(24-26-28)22-18-27(16-17-29-22)20(3)21-14-11-8-7-9-12-15-21/h19,21-22H,3-18H2,1-2H3. The summed E-state index contributed by atoms with van der Waals surface area (Å²) in [7, 11) is 0. The van der Waals surface area contributed by atoms with Crippen molar-refractivity contribution in [2.45, 2.75) is 102 Å². The second kappa shape index (κ2) is 12.0. The van der Waals surface area contributed by atoms with Gasteiger partial charge in [0.05, 0.1) is 11.3 Å². The highest BCUT2D eigenvalue weighted by atomic mass is 32.2. The van der Waals surface area contributed by atoms with Gasteiger partial charge in [-0.15, -0.1) is 22.0 Å². The molecule has 2 fully saturated rings. The molecule has 0 amide bonds. The monoisotopic (exact) mass is 419 g/mol. The molecule has 164 valence electrons. The smallest absolute Gasteiger partial charge is 0.189 e. The molecule has 5 nitrogen and oxygen atoms in total. The van der Waals surface area contributed by atoms with Crippen LogP contribution in [0.5, 0.6) is 0 Å². The van der Waals surface area contributed by atoms with E-state index in [9.17, 15) is 0 Å². The van der Waals surface area contributed by atoms with Gasteiger partial charge in [-0.3, -0.25) is 0 Å². The fourth-order valence-corrected chi connectivity index (χ4v) is 5.79. The average Bonchev–Trinajstić information content (AvgIpc) is 3.21. The number of tetrazole rings is 1. The summed E-state index contributed by atoms with van der Waals surface area (Å²) < 4.78 is 0. The Hall–Kier alpha value is -1.04. The molecule has 2 atom stereocenters. The number of rotatable bonds is 9. The van der Waals surface area contributed by atoms with E-state index in [1.54, 1.807) is 0 Å². The summed E-state index contributed by atoms with van der Waals surface area (Å²) in [6.45, 7) is 11.1. The molecule has 1 aromatic heterocycles. The van der Waals surface area contributed by atoms with Gasteiger partial charge in [-0.05, 0) is 37.3 Å².